The smallest absolute Gasteiger partial charge is 0.407 e. The Balaban J connectivity index is 1.29. The van der Waals surface area contributed by atoms with Crippen molar-refractivity contribution in [2.45, 2.75) is 69.5 Å². The minimum atomic E-state index is -0.795. The molecule has 2 aliphatic heterocycles. The first kappa shape index (κ1) is 19.2. The van der Waals surface area contributed by atoms with E-state index in [4.69, 9.17) is 0 Å². The standard InChI is InChI=1S/C20H31N5O3/c26-18(22-16-3-4-16)14-25-13-8-21-19(25)15-5-10-23(11-6-15)17-2-1-9-24(12-7-17)20(27)28/h8,13,15-17H,1-7,9-12,14H2,(H,22,26)(H,27,28). The lowest BCUT2D eigenvalue weighted by Crippen LogP contribution is -2.42. The van der Waals surface area contributed by atoms with Gasteiger partial charge < -0.3 is 24.8 Å². The quantitative estimate of drug-likeness (QED) is 0.802. The Morgan fingerprint density at radius 2 is 1.86 bits per heavy atom. The van der Waals surface area contributed by atoms with Crippen LogP contribution in [0.4, 0.5) is 4.79 Å². The van der Waals surface area contributed by atoms with Gasteiger partial charge in [0.15, 0.2) is 0 Å². The van der Waals surface area contributed by atoms with Crippen LogP contribution in [0.1, 0.15) is 56.7 Å². The molecule has 0 radical (unpaired) electrons. The minimum Gasteiger partial charge on any atom is -0.465 e. The lowest BCUT2D eigenvalue weighted by atomic mass is 9.93. The van der Waals surface area contributed by atoms with Crippen LogP contribution in [0.25, 0.3) is 0 Å². The molecule has 1 unspecified atom stereocenters. The summed E-state index contributed by atoms with van der Waals surface area (Å²) in [6, 6.07) is 0.869. The number of hydrogen-bond donors (Lipinski definition) is 2. The van der Waals surface area contributed by atoms with Crippen molar-refractivity contribution in [1.29, 1.82) is 0 Å². The highest BCUT2D eigenvalue weighted by Crippen LogP contribution is 2.30. The van der Waals surface area contributed by atoms with Crippen LogP contribution in [0.3, 0.4) is 0 Å². The summed E-state index contributed by atoms with van der Waals surface area (Å²) in [5, 5.41) is 12.3. The van der Waals surface area contributed by atoms with Crippen LogP contribution in [-0.2, 0) is 11.3 Å². The summed E-state index contributed by atoms with van der Waals surface area (Å²) in [5.74, 6) is 1.51. The van der Waals surface area contributed by atoms with Crippen molar-refractivity contribution < 1.29 is 14.7 Å². The molecule has 3 aliphatic rings. The first-order chi connectivity index (χ1) is 13.6. The van der Waals surface area contributed by atoms with Crippen LogP contribution in [0.15, 0.2) is 12.4 Å². The number of carbonyl (C=O) groups is 2. The number of carboxylic acid groups (broad SMARTS) is 1. The van der Waals surface area contributed by atoms with Gasteiger partial charge >= 0.3 is 6.09 Å². The lowest BCUT2D eigenvalue weighted by Gasteiger charge is -2.37. The van der Waals surface area contributed by atoms with Gasteiger partial charge in [0.2, 0.25) is 5.91 Å². The van der Waals surface area contributed by atoms with E-state index in [1.165, 1.54) is 0 Å². The Morgan fingerprint density at radius 1 is 1.07 bits per heavy atom. The third-order valence-corrected chi connectivity index (χ3v) is 6.38. The maximum atomic E-state index is 12.1. The highest BCUT2D eigenvalue weighted by atomic mass is 16.4. The molecular weight excluding hydrogens is 358 g/mol. The first-order valence-electron chi connectivity index (χ1n) is 10.6. The van der Waals surface area contributed by atoms with E-state index in [1.807, 2.05) is 10.8 Å². The predicted molar refractivity (Wildman–Crippen MR) is 104 cm³/mol. The second kappa shape index (κ2) is 8.51. The van der Waals surface area contributed by atoms with Gasteiger partial charge in [-0.3, -0.25) is 4.79 Å². The molecule has 28 heavy (non-hydrogen) atoms. The van der Waals surface area contributed by atoms with Crippen LogP contribution in [0.2, 0.25) is 0 Å². The topological polar surface area (TPSA) is 90.7 Å². The van der Waals surface area contributed by atoms with Gasteiger partial charge in [0.25, 0.3) is 0 Å². The molecule has 2 saturated heterocycles. The number of piperidine rings is 1. The average molecular weight is 390 g/mol. The molecule has 3 fully saturated rings. The molecule has 0 aromatic carbocycles. The molecule has 2 N–H and O–H groups in total. The van der Waals surface area contributed by atoms with E-state index in [-0.39, 0.29) is 5.91 Å². The van der Waals surface area contributed by atoms with Gasteiger partial charge in [0.1, 0.15) is 12.4 Å². The second-order valence-electron chi connectivity index (χ2n) is 8.42. The fourth-order valence-electron chi connectivity index (χ4n) is 4.63. The molecule has 2 amide bonds. The van der Waals surface area contributed by atoms with Crippen LogP contribution >= 0.6 is 0 Å². The average Bonchev–Trinajstić information content (AvgIpc) is 3.43. The Labute approximate surface area is 165 Å². The number of nitrogens with zero attached hydrogens (tertiary/aromatic N) is 4. The van der Waals surface area contributed by atoms with E-state index in [2.05, 4.69) is 15.2 Å². The van der Waals surface area contributed by atoms with E-state index < -0.39 is 6.09 Å². The number of amides is 2. The monoisotopic (exact) mass is 389 g/mol. The number of carbonyl (C=O) groups excluding carboxylic acids is 1. The number of rotatable bonds is 5. The largest absolute Gasteiger partial charge is 0.465 e. The van der Waals surface area contributed by atoms with Gasteiger partial charge in [-0.15, -0.1) is 0 Å². The number of aromatic nitrogens is 2. The van der Waals surface area contributed by atoms with Gasteiger partial charge in [-0.1, -0.05) is 0 Å². The predicted octanol–water partition coefficient (Wildman–Crippen LogP) is 1.87. The van der Waals surface area contributed by atoms with E-state index in [9.17, 15) is 14.7 Å². The maximum Gasteiger partial charge on any atom is 0.407 e. The third kappa shape index (κ3) is 4.66. The molecule has 0 bridgehead atoms. The Hall–Kier alpha value is -2.09. The molecule has 1 aromatic heterocycles. The fourth-order valence-corrected chi connectivity index (χ4v) is 4.63. The summed E-state index contributed by atoms with van der Waals surface area (Å²) in [5.41, 5.74) is 0. The van der Waals surface area contributed by atoms with Gasteiger partial charge in [0, 0.05) is 43.5 Å². The molecule has 4 rings (SSSR count). The molecule has 1 atom stereocenters. The Kier molecular flexibility index (Phi) is 5.85. The number of nitrogens with one attached hydrogen (secondary N) is 1. The van der Waals surface area contributed by atoms with Gasteiger partial charge in [-0.2, -0.15) is 0 Å². The number of imidazole rings is 1. The molecule has 154 valence electrons. The van der Waals surface area contributed by atoms with Crippen molar-refractivity contribution in [3.8, 4) is 0 Å². The zero-order valence-electron chi connectivity index (χ0n) is 16.4. The lowest BCUT2D eigenvalue weighted by molar-refractivity contribution is -0.121. The SMILES string of the molecule is O=C(Cn1ccnc1C1CCN(C2CCCN(C(=O)O)CC2)CC1)NC1CC1. The second-order valence-corrected chi connectivity index (χ2v) is 8.42. The summed E-state index contributed by atoms with van der Waals surface area (Å²) < 4.78 is 2.01. The minimum absolute atomic E-state index is 0.0839. The van der Waals surface area contributed by atoms with E-state index in [0.29, 0.717) is 37.6 Å². The summed E-state index contributed by atoms with van der Waals surface area (Å²) in [6.45, 7) is 3.69. The van der Waals surface area contributed by atoms with Crippen molar-refractivity contribution in [3.05, 3.63) is 18.2 Å². The summed E-state index contributed by atoms with van der Waals surface area (Å²) >= 11 is 0. The van der Waals surface area contributed by atoms with Crippen molar-refractivity contribution in [3.63, 3.8) is 0 Å². The summed E-state index contributed by atoms with van der Waals surface area (Å²) in [6.07, 6.45) is 10.2. The van der Waals surface area contributed by atoms with E-state index in [0.717, 1.165) is 63.9 Å². The highest BCUT2D eigenvalue weighted by Gasteiger charge is 2.30. The summed E-state index contributed by atoms with van der Waals surface area (Å²) in [4.78, 5) is 32.0. The molecule has 1 saturated carbocycles. The van der Waals surface area contributed by atoms with Crippen molar-refractivity contribution in [2.75, 3.05) is 26.2 Å². The van der Waals surface area contributed by atoms with Gasteiger partial charge in [0.05, 0.1) is 0 Å². The normalized spacial score (nSPS) is 24.7. The zero-order chi connectivity index (χ0) is 19.5. The molecule has 3 heterocycles. The fraction of sp³-hybridized carbons (Fsp3) is 0.750. The van der Waals surface area contributed by atoms with Crippen molar-refractivity contribution in [2.24, 2.45) is 0 Å². The molecular formula is C20H31N5O3. The third-order valence-electron chi connectivity index (χ3n) is 6.38. The molecule has 8 nitrogen and oxygen atoms in total. The molecule has 1 aliphatic carbocycles. The van der Waals surface area contributed by atoms with E-state index >= 15 is 0 Å². The molecule has 1 aromatic rings. The van der Waals surface area contributed by atoms with Crippen LogP contribution in [0, 0.1) is 0 Å². The van der Waals surface area contributed by atoms with Gasteiger partial charge in [-0.05, 0) is 58.0 Å². The Bertz CT molecular complexity index is 694. The van der Waals surface area contributed by atoms with E-state index in [1.54, 1.807) is 11.1 Å². The zero-order valence-corrected chi connectivity index (χ0v) is 16.4. The number of hydrogen-bond acceptors (Lipinski definition) is 4. The highest BCUT2D eigenvalue weighted by molar-refractivity contribution is 5.76. The van der Waals surface area contributed by atoms with Crippen molar-refractivity contribution >= 4 is 12.0 Å². The molecule has 0 spiro atoms. The Morgan fingerprint density at radius 3 is 2.57 bits per heavy atom. The number of likely N-dealkylation sites (tertiary alicyclic amines) is 2. The van der Waals surface area contributed by atoms with Crippen molar-refractivity contribution in [1.82, 2.24) is 24.7 Å². The maximum absolute atomic E-state index is 12.1. The van der Waals surface area contributed by atoms with Crippen LogP contribution < -0.4 is 5.32 Å². The summed E-state index contributed by atoms with van der Waals surface area (Å²) in [7, 11) is 0. The van der Waals surface area contributed by atoms with Crippen LogP contribution in [0.5, 0.6) is 0 Å². The van der Waals surface area contributed by atoms with Crippen LogP contribution in [-0.4, -0.2) is 74.7 Å². The molecule has 8 heteroatoms. The van der Waals surface area contributed by atoms with Gasteiger partial charge in [-0.25, -0.2) is 9.78 Å². The first-order valence-corrected chi connectivity index (χ1v) is 10.6.